The van der Waals surface area contributed by atoms with Crippen molar-refractivity contribution in [1.82, 2.24) is 10.6 Å². The van der Waals surface area contributed by atoms with Crippen LogP contribution in [0.4, 0.5) is 0 Å². The summed E-state index contributed by atoms with van der Waals surface area (Å²) >= 11 is 0. The van der Waals surface area contributed by atoms with Gasteiger partial charge in [-0.3, -0.25) is 14.4 Å². The van der Waals surface area contributed by atoms with Gasteiger partial charge in [0.2, 0.25) is 5.91 Å². The quantitative estimate of drug-likeness (QED) is 0.448. The van der Waals surface area contributed by atoms with E-state index in [-0.39, 0.29) is 17.5 Å². The first-order valence-electron chi connectivity index (χ1n) is 9.89. The van der Waals surface area contributed by atoms with Crippen LogP contribution in [0, 0.1) is 0 Å². The van der Waals surface area contributed by atoms with Gasteiger partial charge in [-0.05, 0) is 17.7 Å². The Kier molecular flexibility index (Phi) is 9.10. The van der Waals surface area contributed by atoms with E-state index >= 15 is 0 Å². The lowest BCUT2D eigenvalue weighted by Crippen LogP contribution is -2.53. The fourth-order valence-electron chi connectivity index (χ4n) is 3.02. The smallest absolute Gasteiger partial charge is 0.336 e. The molecule has 3 N–H and O–H groups in total. The predicted octanol–water partition coefficient (Wildman–Crippen LogP) is 0.947. The molecule has 0 bridgehead atoms. The van der Waals surface area contributed by atoms with Crippen molar-refractivity contribution in [3.8, 4) is 0 Å². The Morgan fingerprint density at radius 2 is 1.42 bits per heavy atom. The SMILES string of the molecule is COC(=O)C[C@H](NC(=O)[C@H](Cc1ccccc1)NC(=O)c1ccccc1C(=O)O)C(=O)OC. The summed E-state index contributed by atoms with van der Waals surface area (Å²) < 4.78 is 9.18. The lowest BCUT2D eigenvalue weighted by Gasteiger charge is -2.22. The normalized spacial score (nSPS) is 12.1. The number of rotatable bonds is 10. The van der Waals surface area contributed by atoms with Gasteiger partial charge in [0.15, 0.2) is 0 Å². The van der Waals surface area contributed by atoms with Crippen LogP contribution in [-0.4, -0.2) is 61.1 Å². The number of amides is 2. The maximum absolute atomic E-state index is 13.0. The first-order valence-corrected chi connectivity index (χ1v) is 9.89. The van der Waals surface area contributed by atoms with E-state index in [4.69, 9.17) is 0 Å². The highest BCUT2D eigenvalue weighted by atomic mass is 16.5. The molecule has 0 fully saturated rings. The molecule has 0 spiro atoms. The first-order chi connectivity index (χ1) is 15.8. The maximum Gasteiger partial charge on any atom is 0.336 e. The van der Waals surface area contributed by atoms with Crippen LogP contribution < -0.4 is 10.6 Å². The molecule has 10 heteroatoms. The number of aromatic carboxylic acids is 1. The number of methoxy groups -OCH3 is 2. The number of ether oxygens (including phenoxy) is 2. The number of esters is 2. The summed E-state index contributed by atoms with van der Waals surface area (Å²) in [4.78, 5) is 61.0. The van der Waals surface area contributed by atoms with Gasteiger partial charge in [0, 0.05) is 6.42 Å². The first kappa shape index (κ1) is 25.1. The van der Waals surface area contributed by atoms with E-state index in [9.17, 15) is 29.1 Å². The predicted molar refractivity (Wildman–Crippen MR) is 115 cm³/mol. The Balaban J connectivity index is 2.30. The van der Waals surface area contributed by atoms with Crippen molar-refractivity contribution in [2.24, 2.45) is 0 Å². The zero-order chi connectivity index (χ0) is 24.4. The average Bonchev–Trinajstić information content (AvgIpc) is 2.82. The minimum absolute atomic E-state index is 0.0414. The highest BCUT2D eigenvalue weighted by Gasteiger charge is 2.30. The number of carboxylic acid groups (broad SMARTS) is 1. The van der Waals surface area contributed by atoms with Gasteiger partial charge in [0.05, 0.1) is 31.8 Å². The molecule has 0 heterocycles. The van der Waals surface area contributed by atoms with E-state index < -0.39 is 48.2 Å². The van der Waals surface area contributed by atoms with Crippen LogP contribution in [0.25, 0.3) is 0 Å². The monoisotopic (exact) mass is 456 g/mol. The molecule has 0 saturated carbocycles. The Hall–Kier alpha value is -4.21. The molecule has 0 aliphatic carbocycles. The molecule has 0 aromatic heterocycles. The van der Waals surface area contributed by atoms with Gasteiger partial charge < -0.3 is 25.2 Å². The number of hydrogen-bond donors (Lipinski definition) is 3. The van der Waals surface area contributed by atoms with Crippen LogP contribution in [-0.2, 0) is 30.3 Å². The lowest BCUT2D eigenvalue weighted by molar-refractivity contribution is -0.150. The zero-order valence-corrected chi connectivity index (χ0v) is 18.1. The third-order valence-electron chi connectivity index (χ3n) is 4.71. The van der Waals surface area contributed by atoms with Crippen LogP contribution in [0.5, 0.6) is 0 Å². The summed E-state index contributed by atoms with van der Waals surface area (Å²) in [6.45, 7) is 0. The highest BCUT2D eigenvalue weighted by Crippen LogP contribution is 2.11. The summed E-state index contributed by atoms with van der Waals surface area (Å²) in [7, 11) is 2.24. The number of carboxylic acids is 1. The van der Waals surface area contributed by atoms with Gasteiger partial charge in [-0.1, -0.05) is 42.5 Å². The second kappa shape index (κ2) is 12.0. The van der Waals surface area contributed by atoms with Crippen molar-refractivity contribution in [3.05, 3.63) is 71.3 Å². The number of carbonyl (C=O) groups is 5. The van der Waals surface area contributed by atoms with Crippen LogP contribution in [0.15, 0.2) is 54.6 Å². The summed E-state index contributed by atoms with van der Waals surface area (Å²) in [5.74, 6) is -4.46. The summed E-state index contributed by atoms with van der Waals surface area (Å²) in [5.41, 5.74) is 0.342. The molecular formula is C23H24N2O8. The topological polar surface area (TPSA) is 148 Å². The van der Waals surface area contributed by atoms with Crippen LogP contribution >= 0.6 is 0 Å². The Labute approximate surface area is 189 Å². The van der Waals surface area contributed by atoms with Gasteiger partial charge in [-0.25, -0.2) is 9.59 Å². The highest BCUT2D eigenvalue weighted by molar-refractivity contribution is 6.06. The Morgan fingerprint density at radius 3 is 2.00 bits per heavy atom. The third kappa shape index (κ3) is 7.17. The van der Waals surface area contributed by atoms with Gasteiger partial charge in [-0.15, -0.1) is 0 Å². The molecule has 2 aromatic carbocycles. The molecule has 0 unspecified atom stereocenters. The molecule has 33 heavy (non-hydrogen) atoms. The molecule has 2 rings (SSSR count). The van der Waals surface area contributed by atoms with Crippen molar-refractivity contribution >= 4 is 29.7 Å². The molecule has 2 aromatic rings. The summed E-state index contributed by atoms with van der Waals surface area (Å²) in [6, 6.07) is 11.8. The molecule has 0 aliphatic rings. The number of benzene rings is 2. The van der Waals surface area contributed by atoms with E-state index in [1.807, 2.05) is 0 Å². The van der Waals surface area contributed by atoms with E-state index in [0.717, 1.165) is 14.2 Å². The van der Waals surface area contributed by atoms with Crippen LogP contribution in [0.1, 0.15) is 32.7 Å². The molecule has 10 nitrogen and oxygen atoms in total. The van der Waals surface area contributed by atoms with E-state index in [2.05, 4.69) is 20.1 Å². The van der Waals surface area contributed by atoms with E-state index in [1.165, 1.54) is 24.3 Å². The second-order valence-electron chi connectivity index (χ2n) is 6.93. The fourth-order valence-corrected chi connectivity index (χ4v) is 3.02. The molecule has 0 saturated heterocycles. The number of carbonyl (C=O) groups excluding carboxylic acids is 4. The summed E-state index contributed by atoms with van der Waals surface area (Å²) in [5, 5.41) is 14.3. The van der Waals surface area contributed by atoms with Crippen molar-refractivity contribution in [2.75, 3.05) is 14.2 Å². The third-order valence-corrected chi connectivity index (χ3v) is 4.71. The van der Waals surface area contributed by atoms with Crippen LogP contribution in [0.3, 0.4) is 0 Å². The molecule has 2 atom stereocenters. The van der Waals surface area contributed by atoms with Gasteiger partial charge >= 0.3 is 17.9 Å². The minimum atomic E-state index is -1.34. The van der Waals surface area contributed by atoms with Crippen molar-refractivity contribution in [1.29, 1.82) is 0 Å². The largest absolute Gasteiger partial charge is 0.478 e. The number of nitrogens with one attached hydrogen (secondary N) is 2. The van der Waals surface area contributed by atoms with Gasteiger partial charge in [0.25, 0.3) is 5.91 Å². The van der Waals surface area contributed by atoms with E-state index in [0.29, 0.717) is 5.56 Å². The average molecular weight is 456 g/mol. The zero-order valence-electron chi connectivity index (χ0n) is 18.1. The molecule has 0 aliphatic heterocycles. The minimum Gasteiger partial charge on any atom is -0.478 e. The Bertz CT molecular complexity index is 1020. The van der Waals surface area contributed by atoms with Gasteiger partial charge in [-0.2, -0.15) is 0 Å². The van der Waals surface area contributed by atoms with E-state index in [1.54, 1.807) is 30.3 Å². The fraction of sp³-hybridized carbons (Fsp3) is 0.261. The Morgan fingerprint density at radius 1 is 0.818 bits per heavy atom. The molecule has 174 valence electrons. The molecule has 2 amide bonds. The van der Waals surface area contributed by atoms with Crippen LogP contribution in [0.2, 0.25) is 0 Å². The van der Waals surface area contributed by atoms with Crippen molar-refractivity contribution < 1.29 is 38.6 Å². The maximum atomic E-state index is 13.0. The molecule has 0 radical (unpaired) electrons. The standard InChI is InChI=1S/C23H24N2O8/c1-32-19(26)13-18(23(31)33-2)25-21(28)17(12-14-8-4-3-5-9-14)24-20(27)15-10-6-7-11-16(15)22(29)30/h3-11,17-18H,12-13H2,1-2H3,(H,24,27)(H,25,28)(H,29,30)/t17-,18-/m0/s1. The van der Waals surface area contributed by atoms with Crippen molar-refractivity contribution in [3.63, 3.8) is 0 Å². The second-order valence-corrected chi connectivity index (χ2v) is 6.93. The molecular weight excluding hydrogens is 432 g/mol. The lowest BCUT2D eigenvalue weighted by atomic mass is 10.0. The van der Waals surface area contributed by atoms with Crippen molar-refractivity contribution in [2.45, 2.75) is 24.9 Å². The summed E-state index contributed by atoms with van der Waals surface area (Å²) in [6.07, 6.45) is -0.428. The number of hydrogen-bond acceptors (Lipinski definition) is 7. The van der Waals surface area contributed by atoms with Gasteiger partial charge in [0.1, 0.15) is 12.1 Å².